The Morgan fingerprint density at radius 2 is 2.25 bits per heavy atom. The van der Waals surface area contributed by atoms with Gasteiger partial charge in [0.25, 0.3) is 0 Å². The number of carboxylic acid groups (broad SMARTS) is 1. The second kappa shape index (κ2) is 5.81. The molecule has 0 unspecified atom stereocenters. The second-order valence-corrected chi connectivity index (χ2v) is 3.38. The van der Waals surface area contributed by atoms with E-state index in [2.05, 4.69) is 28.4 Å². The molecular formula is C8H10BrNO2. The Bertz CT molecular complexity index is 204. The summed E-state index contributed by atoms with van der Waals surface area (Å²) in [6, 6.07) is 0. The number of rotatable bonds is 5. The second-order valence-electron chi connectivity index (χ2n) is 2.26. The lowest BCUT2D eigenvalue weighted by atomic mass is 10.4. The topological polar surface area (TPSA) is 40.5 Å². The van der Waals surface area contributed by atoms with E-state index in [1.54, 1.807) is 4.90 Å². The van der Waals surface area contributed by atoms with Crippen molar-refractivity contribution in [1.29, 1.82) is 0 Å². The van der Waals surface area contributed by atoms with E-state index in [4.69, 9.17) is 11.5 Å². The lowest BCUT2D eigenvalue weighted by Gasteiger charge is -2.15. The summed E-state index contributed by atoms with van der Waals surface area (Å²) in [5.41, 5.74) is 0. The normalized spacial score (nSPS) is 9.42. The molecule has 0 aromatic rings. The van der Waals surface area contributed by atoms with E-state index in [1.165, 1.54) is 0 Å². The lowest BCUT2D eigenvalue weighted by molar-refractivity contribution is -0.138. The molecule has 0 radical (unpaired) electrons. The molecule has 12 heavy (non-hydrogen) atoms. The summed E-state index contributed by atoms with van der Waals surface area (Å²) in [7, 11) is 0. The van der Waals surface area contributed by atoms with Crippen LogP contribution in [0.1, 0.15) is 0 Å². The van der Waals surface area contributed by atoms with Crippen LogP contribution in [0.4, 0.5) is 0 Å². The van der Waals surface area contributed by atoms with Crippen molar-refractivity contribution < 1.29 is 9.90 Å². The first kappa shape index (κ1) is 11.2. The van der Waals surface area contributed by atoms with E-state index >= 15 is 0 Å². The zero-order valence-electron chi connectivity index (χ0n) is 6.59. The van der Waals surface area contributed by atoms with Crippen LogP contribution in [0, 0.1) is 12.3 Å². The Balaban J connectivity index is 3.96. The van der Waals surface area contributed by atoms with Gasteiger partial charge < -0.3 is 5.11 Å². The smallest absolute Gasteiger partial charge is 0.317 e. The summed E-state index contributed by atoms with van der Waals surface area (Å²) in [5.74, 6) is 1.49. The first-order chi connectivity index (χ1) is 5.56. The molecule has 4 heteroatoms. The molecule has 0 aliphatic heterocycles. The highest BCUT2D eigenvalue weighted by Crippen LogP contribution is 2.03. The molecule has 0 saturated heterocycles. The maximum Gasteiger partial charge on any atom is 0.317 e. The molecule has 0 aromatic heterocycles. The van der Waals surface area contributed by atoms with Crippen LogP contribution in [-0.4, -0.2) is 35.6 Å². The molecule has 0 spiro atoms. The summed E-state index contributed by atoms with van der Waals surface area (Å²) >= 11 is 3.14. The van der Waals surface area contributed by atoms with Gasteiger partial charge in [0.2, 0.25) is 0 Å². The third-order valence-corrected chi connectivity index (χ3v) is 1.32. The van der Waals surface area contributed by atoms with Crippen molar-refractivity contribution in [2.45, 2.75) is 0 Å². The van der Waals surface area contributed by atoms with Crippen molar-refractivity contribution in [2.24, 2.45) is 0 Å². The van der Waals surface area contributed by atoms with Crippen molar-refractivity contribution in [2.75, 3.05) is 19.6 Å². The molecule has 0 amide bonds. The summed E-state index contributed by atoms with van der Waals surface area (Å²) in [6.07, 6.45) is 5.05. The van der Waals surface area contributed by atoms with Gasteiger partial charge in [-0.3, -0.25) is 9.69 Å². The van der Waals surface area contributed by atoms with Crippen molar-refractivity contribution in [1.82, 2.24) is 4.90 Å². The van der Waals surface area contributed by atoms with Crippen LogP contribution in [-0.2, 0) is 4.79 Å². The minimum atomic E-state index is -0.890. The number of carboxylic acids is 1. The van der Waals surface area contributed by atoms with Gasteiger partial charge in [-0.15, -0.1) is 6.42 Å². The third kappa shape index (κ3) is 5.96. The van der Waals surface area contributed by atoms with Crippen LogP contribution >= 0.6 is 15.9 Å². The Morgan fingerprint density at radius 3 is 2.58 bits per heavy atom. The largest absolute Gasteiger partial charge is 0.480 e. The van der Waals surface area contributed by atoms with E-state index in [9.17, 15) is 4.79 Å². The summed E-state index contributed by atoms with van der Waals surface area (Å²) in [5, 5.41) is 8.47. The van der Waals surface area contributed by atoms with E-state index in [0.29, 0.717) is 13.1 Å². The Labute approximate surface area is 80.2 Å². The van der Waals surface area contributed by atoms with Gasteiger partial charge in [0, 0.05) is 11.0 Å². The van der Waals surface area contributed by atoms with E-state index in [-0.39, 0.29) is 6.54 Å². The molecule has 0 bridgehead atoms. The van der Waals surface area contributed by atoms with Gasteiger partial charge in [-0.1, -0.05) is 28.4 Å². The van der Waals surface area contributed by atoms with Crippen molar-refractivity contribution in [3.05, 3.63) is 11.1 Å². The van der Waals surface area contributed by atoms with Gasteiger partial charge in [0.05, 0.1) is 13.1 Å². The van der Waals surface area contributed by atoms with Crippen LogP contribution < -0.4 is 0 Å². The van der Waals surface area contributed by atoms with Crippen molar-refractivity contribution in [3.63, 3.8) is 0 Å². The fraction of sp³-hybridized carbons (Fsp3) is 0.375. The maximum atomic E-state index is 10.3. The molecule has 0 fully saturated rings. The summed E-state index contributed by atoms with van der Waals surface area (Å²) in [4.78, 5) is 11.9. The summed E-state index contributed by atoms with van der Waals surface area (Å²) in [6.45, 7) is 4.31. The lowest BCUT2D eigenvalue weighted by Crippen LogP contribution is -2.31. The van der Waals surface area contributed by atoms with Crippen LogP contribution in [0.5, 0.6) is 0 Å². The highest BCUT2D eigenvalue weighted by molar-refractivity contribution is 9.11. The van der Waals surface area contributed by atoms with E-state index < -0.39 is 5.97 Å². The molecule has 0 saturated carbocycles. The first-order valence-corrected chi connectivity index (χ1v) is 4.06. The van der Waals surface area contributed by atoms with E-state index in [1.807, 2.05) is 0 Å². The van der Waals surface area contributed by atoms with Crippen LogP contribution in [0.2, 0.25) is 0 Å². The van der Waals surface area contributed by atoms with Gasteiger partial charge >= 0.3 is 5.97 Å². The zero-order valence-corrected chi connectivity index (χ0v) is 8.17. The number of hydrogen-bond donors (Lipinski definition) is 1. The predicted octanol–water partition coefficient (Wildman–Crippen LogP) is 0.915. The predicted molar refractivity (Wildman–Crippen MR) is 51.0 cm³/mol. The Morgan fingerprint density at radius 1 is 1.67 bits per heavy atom. The van der Waals surface area contributed by atoms with Crippen LogP contribution in [0.25, 0.3) is 0 Å². The Kier molecular flexibility index (Phi) is 5.43. The fourth-order valence-electron chi connectivity index (χ4n) is 0.731. The molecule has 0 rings (SSSR count). The number of nitrogens with zero attached hydrogens (tertiary/aromatic N) is 1. The van der Waals surface area contributed by atoms with Crippen molar-refractivity contribution in [3.8, 4) is 12.3 Å². The number of carbonyl (C=O) groups is 1. The highest BCUT2D eigenvalue weighted by atomic mass is 79.9. The molecular weight excluding hydrogens is 222 g/mol. The minimum Gasteiger partial charge on any atom is -0.480 e. The van der Waals surface area contributed by atoms with Crippen molar-refractivity contribution >= 4 is 21.9 Å². The summed E-state index contributed by atoms with van der Waals surface area (Å²) < 4.78 is 0.721. The average Bonchev–Trinajstić information content (AvgIpc) is 1.84. The van der Waals surface area contributed by atoms with E-state index in [0.717, 1.165) is 4.48 Å². The molecule has 3 nitrogen and oxygen atoms in total. The standard InChI is InChI=1S/C8H10BrNO2/c1-3-4-10(5-7(2)9)6-8(11)12/h1H,2,4-6H2,(H,11,12). The fourth-order valence-corrected chi connectivity index (χ4v) is 1.09. The number of hydrogen-bond acceptors (Lipinski definition) is 2. The van der Waals surface area contributed by atoms with Crippen LogP contribution in [0.3, 0.4) is 0 Å². The van der Waals surface area contributed by atoms with Gasteiger partial charge in [-0.25, -0.2) is 0 Å². The maximum absolute atomic E-state index is 10.3. The highest BCUT2D eigenvalue weighted by Gasteiger charge is 2.07. The van der Waals surface area contributed by atoms with Gasteiger partial charge in [-0.05, 0) is 0 Å². The number of halogens is 1. The Hall–Kier alpha value is -0.790. The quantitative estimate of drug-likeness (QED) is 0.716. The zero-order chi connectivity index (χ0) is 9.56. The minimum absolute atomic E-state index is 0.0607. The SMILES string of the molecule is C#CCN(CC(=C)Br)CC(=O)O. The molecule has 0 atom stereocenters. The molecule has 0 aromatic carbocycles. The van der Waals surface area contributed by atoms with Gasteiger partial charge in [-0.2, -0.15) is 0 Å². The molecule has 0 aliphatic carbocycles. The van der Waals surface area contributed by atoms with Crippen LogP contribution in [0.15, 0.2) is 11.1 Å². The molecule has 66 valence electrons. The number of aliphatic carboxylic acids is 1. The molecule has 0 aliphatic rings. The van der Waals surface area contributed by atoms with Gasteiger partial charge in [0.1, 0.15) is 0 Å². The monoisotopic (exact) mass is 231 g/mol. The first-order valence-electron chi connectivity index (χ1n) is 3.27. The molecule has 1 N–H and O–H groups in total. The van der Waals surface area contributed by atoms with Gasteiger partial charge in [0.15, 0.2) is 0 Å². The molecule has 0 heterocycles. The number of terminal acetylenes is 1. The average molecular weight is 232 g/mol. The third-order valence-electron chi connectivity index (χ3n) is 1.07.